The summed E-state index contributed by atoms with van der Waals surface area (Å²) in [5, 5.41) is 19.2. The molecule has 0 aromatic heterocycles. The van der Waals surface area contributed by atoms with Crippen LogP contribution in [0.2, 0.25) is 0 Å². The fourth-order valence-corrected chi connectivity index (χ4v) is 2.53. The number of benzene rings is 2. The van der Waals surface area contributed by atoms with Gasteiger partial charge in [-0.1, -0.05) is 50.5 Å². The van der Waals surface area contributed by atoms with E-state index in [4.69, 9.17) is 9.84 Å². The fourth-order valence-electron chi connectivity index (χ4n) is 2.53. The second kappa shape index (κ2) is 9.08. The molecule has 0 spiro atoms. The molecule has 4 heteroatoms. The molecule has 2 rings (SSSR count). The monoisotopic (exact) mass is 328 g/mol. The van der Waals surface area contributed by atoms with Gasteiger partial charge in [-0.3, -0.25) is 0 Å². The van der Waals surface area contributed by atoms with Crippen molar-refractivity contribution in [3.05, 3.63) is 65.2 Å². The number of carboxylic acids is 1. The van der Waals surface area contributed by atoms with Gasteiger partial charge in [0.1, 0.15) is 12.4 Å². The van der Waals surface area contributed by atoms with E-state index in [9.17, 15) is 9.90 Å². The third kappa shape index (κ3) is 5.39. The number of aliphatic hydroxyl groups excluding tert-OH is 1. The van der Waals surface area contributed by atoms with Gasteiger partial charge in [-0.25, -0.2) is 4.79 Å². The first kappa shape index (κ1) is 18.0. The summed E-state index contributed by atoms with van der Waals surface area (Å²) in [7, 11) is 0. The van der Waals surface area contributed by atoms with E-state index in [0.717, 1.165) is 36.8 Å². The van der Waals surface area contributed by atoms with Crippen LogP contribution < -0.4 is 4.74 Å². The number of hydrogen-bond donors (Lipinski definition) is 2. The predicted octanol–water partition coefficient (Wildman–Crippen LogP) is 4.58. The average Bonchev–Trinajstić information content (AvgIpc) is 2.60. The Kier molecular flexibility index (Phi) is 6.82. The molecule has 0 saturated heterocycles. The summed E-state index contributed by atoms with van der Waals surface area (Å²) in [4.78, 5) is 11.0. The van der Waals surface area contributed by atoms with E-state index in [1.54, 1.807) is 18.2 Å². The molecule has 0 radical (unpaired) electrons. The van der Waals surface area contributed by atoms with Crippen molar-refractivity contribution < 1.29 is 19.7 Å². The Morgan fingerprint density at radius 2 is 1.92 bits per heavy atom. The van der Waals surface area contributed by atoms with Crippen LogP contribution in [-0.4, -0.2) is 16.2 Å². The molecule has 2 aromatic rings. The van der Waals surface area contributed by atoms with Crippen LogP contribution in [0.1, 0.15) is 60.2 Å². The Hall–Kier alpha value is -2.33. The van der Waals surface area contributed by atoms with Gasteiger partial charge in [-0.15, -0.1) is 0 Å². The van der Waals surface area contributed by atoms with Crippen molar-refractivity contribution in [3.8, 4) is 5.75 Å². The zero-order valence-electron chi connectivity index (χ0n) is 13.9. The van der Waals surface area contributed by atoms with Crippen LogP contribution in [0.15, 0.2) is 48.5 Å². The molecule has 0 aliphatic carbocycles. The molecule has 2 N–H and O–H groups in total. The number of aromatic carboxylic acids is 1. The third-order valence-corrected chi connectivity index (χ3v) is 3.90. The molecule has 128 valence electrons. The summed E-state index contributed by atoms with van der Waals surface area (Å²) < 4.78 is 5.74. The Bertz CT molecular complexity index is 666. The van der Waals surface area contributed by atoms with Crippen LogP contribution in [0.3, 0.4) is 0 Å². The van der Waals surface area contributed by atoms with Crippen molar-refractivity contribution in [2.75, 3.05) is 0 Å². The van der Waals surface area contributed by atoms with Crippen molar-refractivity contribution in [2.24, 2.45) is 0 Å². The second-order valence-corrected chi connectivity index (χ2v) is 5.88. The molecular formula is C20H24O4. The maximum atomic E-state index is 11.0. The molecule has 0 saturated carbocycles. The van der Waals surface area contributed by atoms with Gasteiger partial charge in [0.2, 0.25) is 0 Å². The highest BCUT2D eigenvalue weighted by atomic mass is 16.5. The van der Waals surface area contributed by atoms with E-state index < -0.39 is 12.1 Å². The van der Waals surface area contributed by atoms with Crippen LogP contribution in [0.5, 0.6) is 5.75 Å². The van der Waals surface area contributed by atoms with Crippen molar-refractivity contribution in [2.45, 2.75) is 45.3 Å². The van der Waals surface area contributed by atoms with Gasteiger partial charge in [0, 0.05) is 0 Å². The minimum atomic E-state index is -0.950. The van der Waals surface area contributed by atoms with Gasteiger partial charge < -0.3 is 14.9 Å². The molecule has 0 bridgehead atoms. The summed E-state index contributed by atoms with van der Waals surface area (Å²) in [5.41, 5.74) is 1.89. The maximum absolute atomic E-state index is 11.0. The Morgan fingerprint density at radius 1 is 1.12 bits per heavy atom. The average molecular weight is 328 g/mol. The largest absolute Gasteiger partial charge is 0.489 e. The predicted molar refractivity (Wildman–Crippen MR) is 93.3 cm³/mol. The Morgan fingerprint density at radius 3 is 2.67 bits per heavy atom. The minimum Gasteiger partial charge on any atom is -0.489 e. The summed E-state index contributed by atoms with van der Waals surface area (Å²) in [6, 6.07) is 14.1. The van der Waals surface area contributed by atoms with Crippen LogP contribution in [-0.2, 0) is 6.61 Å². The van der Waals surface area contributed by atoms with Gasteiger partial charge >= 0.3 is 5.97 Å². The number of aliphatic hydroxyl groups is 1. The molecule has 1 atom stereocenters. The number of ether oxygens (including phenoxy) is 1. The lowest BCUT2D eigenvalue weighted by molar-refractivity contribution is 0.0696. The Labute approximate surface area is 142 Å². The molecule has 0 heterocycles. The first-order chi connectivity index (χ1) is 11.6. The van der Waals surface area contributed by atoms with E-state index in [2.05, 4.69) is 6.92 Å². The summed E-state index contributed by atoms with van der Waals surface area (Å²) in [6.45, 7) is 2.43. The van der Waals surface area contributed by atoms with E-state index in [0.29, 0.717) is 5.75 Å². The zero-order chi connectivity index (χ0) is 17.4. The molecule has 1 unspecified atom stereocenters. The van der Waals surface area contributed by atoms with E-state index >= 15 is 0 Å². The minimum absolute atomic E-state index is 0.246. The first-order valence-electron chi connectivity index (χ1n) is 8.33. The lowest BCUT2D eigenvalue weighted by Gasteiger charge is -2.13. The molecular weight excluding hydrogens is 304 g/mol. The smallest absolute Gasteiger partial charge is 0.335 e. The molecule has 0 fully saturated rings. The molecule has 0 aliphatic heterocycles. The molecule has 4 nitrogen and oxygen atoms in total. The second-order valence-electron chi connectivity index (χ2n) is 5.88. The van der Waals surface area contributed by atoms with Crippen molar-refractivity contribution >= 4 is 5.97 Å². The quantitative estimate of drug-likeness (QED) is 0.661. The van der Waals surface area contributed by atoms with Crippen molar-refractivity contribution in [1.82, 2.24) is 0 Å². The SMILES string of the molecule is CCCCCC(O)c1cccc(OCc2cccc(C(=O)O)c2)c1. The van der Waals surface area contributed by atoms with E-state index in [-0.39, 0.29) is 12.2 Å². The highest BCUT2D eigenvalue weighted by Crippen LogP contribution is 2.24. The highest BCUT2D eigenvalue weighted by Gasteiger charge is 2.09. The number of carbonyl (C=O) groups is 1. The van der Waals surface area contributed by atoms with Gasteiger partial charge in [0.15, 0.2) is 0 Å². The van der Waals surface area contributed by atoms with Crippen LogP contribution >= 0.6 is 0 Å². The number of unbranched alkanes of at least 4 members (excludes halogenated alkanes) is 2. The molecule has 0 amide bonds. The molecule has 0 aliphatic rings. The summed E-state index contributed by atoms with van der Waals surface area (Å²) >= 11 is 0. The first-order valence-corrected chi connectivity index (χ1v) is 8.33. The maximum Gasteiger partial charge on any atom is 0.335 e. The lowest BCUT2D eigenvalue weighted by Crippen LogP contribution is -2.01. The zero-order valence-corrected chi connectivity index (χ0v) is 13.9. The van der Waals surface area contributed by atoms with Crippen molar-refractivity contribution in [1.29, 1.82) is 0 Å². The normalized spacial score (nSPS) is 11.9. The molecule has 24 heavy (non-hydrogen) atoms. The lowest BCUT2D eigenvalue weighted by atomic mass is 10.0. The van der Waals surface area contributed by atoms with Gasteiger partial charge in [-0.2, -0.15) is 0 Å². The highest BCUT2D eigenvalue weighted by molar-refractivity contribution is 5.87. The topological polar surface area (TPSA) is 66.8 Å². The number of rotatable bonds is 9. The van der Waals surface area contributed by atoms with Crippen molar-refractivity contribution in [3.63, 3.8) is 0 Å². The number of carboxylic acid groups (broad SMARTS) is 1. The Balaban J connectivity index is 1.97. The van der Waals surface area contributed by atoms with E-state index in [1.807, 2.05) is 30.3 Å². The van der Waals surface area contributed by atoms with E-state index in [1.165, 1.54) is 0 Å². The summed E-state index contributed by atoms with van der Waals surface area (Å²) in [5.74, 6) is -0.281. The standard InChI is InChI=1S/C20H24O4/c1-2-3-4-11-19(21)16-8-6-10-18(13-16)24-14-15-7-5-9-17(12-15)20(22)23/h5-10,12-13,19,21H,2-4,11,14H2,1H3,(H,22,23). The molecule has 2 aromatic carbocycles. The number of hydrogen-bond acceptors (Lipinski definition) is 3. The van der Waals surface area contributed by atoms with Crippen LogP contribution in [0, 0.1) is 0 Å². The van der Waals surface area contributed by atoms with Gasteiger partial charge in [-0.05, 0) is 41.8 Å². The summed E-state index contributed by atoms with van der Waals surface area (Å²) in [6.07, 6.45) is 3.52. The van der Waals surface area contributed by atoms with Gasteiger partial charge in [0.25, 0.3) is 0 Å². The van der Waals surface area contributed by atoms with Crippen LogP contribution in [0.25, 0.3) is 0 Å². The van der Waals surface area contributed by atoms with Crippen LogP contribution in [0.4, 0.5) is 0 Å². The van der Waals surface area contributed by atoms with Gasteiger partial charge in [0.05, 0.1) is 11.7 Å². The third-order valence-electron chi connectivity index (χ3n) is 3.90. The fraction of sp³-hybridized carbons (Fsp3) is 0.350.